The van der Waals surface area contributed by atoms with E-state index in [1.54, 1.807) is 12.3 Å². The predicted molar refractivity (Wildman–Crippen MR) is 70.0 cm³/mol. The Hall–Kier alpha value is -2.20. The first-order chi connectivity index (χ1) is 8.60. The number of rotatable bonds is 1. The number of nitrogens with zero attached hydrogens (tertiary/aromatic N) is 1. The zero-order valence-corrected chi connectivity index (χ0v) is 9.84. The van der Waals surface area contributed by atoms with Crippen LogP contribution < -0.4 is 5.32 Å². The Morgan fingerprint density at radius 1 is 1.39 bits per heavy atom. The number of hydrogen-bond donors (Lipinski definition) is 2. The van der Waals surface area contributed by atoms with Gasteiger partial charge in [-0.2, -0.15) is 0 Å². The maximum absolute atomic E-state index is 11.5. The summed E-state index contributed by atoms with van der Waals surface area (Å²) >= 11 is 0. The first-order valence-electron chi connectivity index (χ1n) is 5.69. The molecule has 0 amide bonds. The Bertz CT molecular complexity index is 679. The van der Waals surface area contributed by atoms with Gasteiger partial charge in [0.25, 0.3) is 0 Å². The topological polar surface area (TPSA) is 62.2 Å². The van der Waals surface area contributed by atoms with E-state index < -0.39 is 5.72 Å². The predicted octanol–water partition coefficient (Wildman–Crippen LogP) is 1.95. The molecule has 1 aliphatic heterocycles. The van der Waals surface area contributed by atoms with Gasteiger partial charge in [-0.25, -0.2) is 0 Å². The van der Waals surface area contributed by atoms with Crippen molar-refractivity contribution in [1.29, 1.82) is 0 Å². The number of carbonyl (C=O) groups is 1. The second-order valence-electron chi connectivity index (χ2n) is 4.39. The van der Waals surface area contributed by atoms with E-state index in [0.717, 1.165) is 16.5 Å². The van der Waals surface area contributed by atoms with Gasteiger partial charge in [-0.1, -0.05) is 24.3 Å². The van der Waals surface area contributed by atoms with Gasteiger partial charge < -0.3 is 10.4 Å². The lowest BCUT2D eigenvalue weighted by molar-refractivity contribution is -0.128. The molecule has 1 aromatic carbocycles. The minimum absolute atomic E-state index is 0.350. The van der Waals surface area contributed by atoms with Crippen molar-refractivity contribution in [2.45, 2.75) is 12.6 Å². The highest BCUT2D eigenvalue weighted by Gasteiger charge is 2.33. The van der Waals surface area contributed by atoms with Crippen LogP contribution in [0.3, 0.4) is 0 Å². The zero-order valence-electron chi connectivity index (χ0n) is 9.84. The van der Waals surface area contributed by atoms with Crippen molar-refractivity contribution in [3.05, 3.63) is 42.1 Å². The second kappa shape index (κ2) is 3.65. The van der Waals surface area contributed by atoms with E-state index in [1.807, 2.05) is 24.3 Å². The third-order valence-corrected chi connectivity index (χ3v) is 3.16. The van der Waals surface area contributed by atoms with Gasteiger partial charge >= 0.3 is 0 Å². The summed E-state index contributed by atoms with van der Waals surface area (Å²) < 4.78 is 0. The molecule has 0 bridgehead atoms. The van der Waals surface area contributed by atoms with E-state index >= 15 is 0 Å². The van der Waals surface area contributed by atoms with Crippen LogP contribution >= 0.6 is 0 Å². The Morgan fingerprint density at radius 3 is 3.00 bits per heavy atom. The fraction of sp³-hybridized carbons (Fsp3) is 0.143. The van der Waals surface area contributed by atoms with Crippen molar-refractivity contribution >= 4 is 28.4 Å². The van der Waals surface area contributed by atoms with Crippen LogP contribution in [0.1, 0.15) is 12.5 Å². The molecule has 4 nitrogen and oxygen atoms in total. The van der Waals surface area contributed by atoms with Gasteiger partial charge in [-0.15, -0.1) is 0 Å². The van der Waals surface area contributed by atoms with Crippen LogP contribution in [-0.2, 0) is 4.79 Å². The number of aliphatic hydroxyl groups is 1. The standard InChI is InChI=1S/C14H12N2O2/c1-9(17)14(18)7-6-11-5-4-10-3-2-8-15-12(10)13(11)16-14/h2-8,16,18H,1H3. The molecule has 0 radical (unpaired) electrons. The molecular formula is C14H12N2O2. The molecule has 0 aliphatic carbocycles. The van der Waals surface area contributed by atoms with E-state index in [4.69, 9.17) is 0 Å². The minimum atomic E-state index is -1.64. The largest absolute Gasteiger partial charge is 0.361 e. The summed E-state index contributed by atoms with van der Waals surface area (Å²) in [6, 6.07) is 7.69. The summed E-state index contributed by atoms with van der Waals surface area (Å²) in [5.41, 5.74) is 0.707. The van der Waals surface area contributed by atoms with Gasteiger partial charge in [-0.05, 0) is 24.6 Å². The van der Waals surface area contributed by atoms with Crippen LogP contribution in [-0.4, -0.2) is 21.6 Å². The molecule has 18 heavy (non-hydrogen) atoms. The zero-order chi connectivity index (χ0) is 12.8. The number of benzene rings is 1. The van der Waals surface area contributed by atoms with Gasteiger partial charge in [-0.3, -0.25) is 9.78 Å². The molecule has 4 heteroatoms. The molecule has 0 spiro atoms. The SMILES string of the molecule is CC(=O)C1(O)C=Cc2ccc3cccnc3c2N1. The smallest absolute Gasteiger partial charge is 0.215 e. The van der Waals surface area contributed by atoms with E-state index in [0.29, 0.717) is 5.69 Å². The molecule has 1 aliphatic rings. The summed E-state index contributed by atoms with van der Waals surface area (Å²) in [6.07, 6.45) is 4.89. The first-order valence-corrected chi connectivity index (χ1v) is 5.69. The van der Waals surface area contributed by atoms with Crippen molar-refractivity contribution in [2.24, 2.45) is 0 Å². The van der Waals surface area contributed by atoms with E-state index in [1.165, 1.54) is 13.0 Å². The molecule has 1 unspecified atom stereocenters. The summed E-state index contributed by atoms with van der Waals surface area (Å²) in [4.78, 5) is 15.8. The highest BCUT2D eigenvalue weighted by Crippen LogP contribution is 2.33. The van der Waals surface area contributed by atoms with E-state index in [2.05, 4.69) is 10.3 Å². The summed E-state index contributed by atoms with van der Waals surface area (Å²) in [5, 5.41) is 14.0. The van der Waals surface area contributed by atoms with Gasteiger partial charge in [0.15, 0.2) is 5.78 Å². The lowest BCUT2D eigenvalue weighted by atomic mass is 9.98. The molecule has 1 aromatic heterocycles. The van der Waals surface area contributed by atoms with Gasteiger partial charge in [0.2, 0.25) is 5.72 Å². The van der Waals surface area contributed by atoms with Gasteiger partial charge in [0.1, 0.15) is 0 Å². The number of carbonyl (C=O) groups excluding carboxylic acids is 1. The van der Waals surface area contributed by atoms with Crippen molar-refractivity contribution in [3.8, 4) is 0 Å². The van der Waals surface area contributed by atoms with Crippen LogP contribution in [0.25, 0.3) is 17.0 Å². The fourth-order valence-corrected chi connectivity index (χ4v) is 2.08. The Kier molecular flexibility index (Phi) is 2.21. The fourth-order valence-electron chi connectivity index (χ4n) is 2.08. The summed E-state index contributed by atoms with van der Waals surface area (Å²) in [7, 11) is 0. The Labute approximate surface area is 104 Å². The molecule has 2 aromatic rings. The monoisotopic (exact) mass is 240 g/mol. The molecule has 2 N–H and O–H groups in total. The molecule has 1 atom stereocenters. The third kappa shape index (κ3) is 1.50. The molecular weight excluding hydrogens is 228 g/mol. The molecule has 2 heterocycles. The highest BCUT2D eigenvalue weighted by atomic mass is 16.3. The number of ketones is 1. The first kappa shape index (κ1) is 10.9. The number of aromatic nitrogens is 1. The number of hydrogen-bond acceptors (Lipinski definition) is 4. The third-order valence-electron chi connectivity index (χ3n) is 3.16. The van der Waals surface area contributed by atoms with Crippen LogP contribution in [0, 0.1) is 0 Å². The van der Waals surface area contributed by atoms with Gasteiger partial charge in [0, 0.05) is 11.6 Å². The molecule has 0 saturated heterocycles. The number of nitrogens with one attached hydrogen (secondary N) is 1. The number of pyridine rings is 1. The molecule has 0 saturated carbocycles. The Balaban J connectivity index is 2.24. The lowest BCUT2D eigenvalue weighted by Crippen LogP contribution is -2.44. The number of fused-ring (bicyclic) bond motifs is 3. The maximum Gasteiger partial charge on any atom is 0.215 e. The average molecular weight is 240 g/mol. The van der Waals surface area contributed by atoms with Crippen molar-refractivity contribution in [1.82, 2.24) is 4.98 Å². The number of anilines is 1. The Morgan fingerprint density at radius 2 is 2.22 bits per heavy atom. The van der Waals surface area contributed by atoms with Crippen LogP contribution in [0.5, 0.6) is 0 Å². The van der Waals surface area contributed by atoms with Crippen LogP contribution in [0.4, 0.5) is 5.69 Å². The lowest BCUT2D eigenvalue weighted by Gasteiger charge is -2.29. The molecule has 0 fully saturated rings. The van der Waals surface area contributed by atoms with E-state index in [9.17, 15) is 9.90 Å². The van der Waals surface area contributed by atoms with Crippen molar-refractivity contribution in [3.63, 3.8) is 0 Å². The quantitative estimate of drug-likeness (QED) is 0.799. The highest BCUT2D eigenvalue weighted by molar-refractivity contribution is 6.01. The van der Waals surface area contributed by atoms with Crippen LogP contribution in [0.2, 0.25) is 0 Å². The molecule has 3 rings (SSSR count). The molecule has 90 valence electrons. The van der Waals surface area contributed by atoms with Gasteiger partial charge in [0.05, 0.1) is 11.2 Å². The average Bonchev–Trinajstić information content (AvgIpc) is 2.38. The number of Topliss-reactive ketones (excluding diaryl/α,β-unsaturated/α-hetero) is 1. The second-order valence-corrected chi connectivity index (χ2v) is 4.39. The van der Waals surface area contributed by atoms with E-state index in [-0.39, 0.29) is 5.78 Å². The minimum Gasteiger partial charge on any atom is -0.361 e. The van der Waals surface area contributed by atoms with Crippen LogP contribution in [0.15, 0.2) is 36.5 Å². The normalized spacial score (nSPS) is 21.4. The maximum atomic E-state index is 11.5. The van der Waals surface area contributed by atoms with Crippen molar-refractivity contribution in [2.75, 3.05) is 5.32 Å². The van der Waals surface area contributed by atoms with Crippen molar-refractivity contribution < 1.29 is 9.90 Å². The summed E-state index contributed by atoms with van der Waals surface area (Å²) in [6.45, 7) is 1.35. The summed E-state index contributed by atoms with van der Waals surface area (Å²) in [5.74, 6) is -0.350.